The van der Waals surface area contributed by atoms with E-state index >= 15 is 0 Å². The second-order valence-corrected chi connectivity index (χ2v) is 5.34. The largest absolute Gasteiger partial charge is 0.493 e. The molecule has 0 heterocycles. The van der Waals surface area contributed by atoms with E-state index in [0.29, 0.717) is 12.3 Å². The van der Waals surface area contributed by atoms with E-state index in [2.05, 4.69) is 32.9 Å². The first-order valence-corrected chi connectivity index (χ1v) is 7.05. The van der Waals surface area contributed by atoms with Crippen molar-refractivity contribution in [2.75, 3.05) is 14.2 Å². The average molecular weight is 285 g/mol. The molecule has 3 heteroatoms. The van der Waals surface area contributed by atoms with E-state index in [4.69, 9.17) is 15.2 Å². The third-order valence-electron chi connectivity index (χ3n) is 3.78. The van der Waals surface area contributed by atoms with Gasteiger partial charge < -0.3 is 15.2 Å². The van der Waals surface area contributed by atoms with E-state index in [-0.39, 0.29) is 0 Å². The van der Waals surface area contributed by atoms with Gasteiger partial charge in [0.1, 0.15) is 0 Å². The van der Waals surface area contributed by atoms with Crippen molar-refractivity contribution >= 4 is 0 Å². The van der Waals surface area contributed by atoms with E-state index in [1.165, 1.54) is 22.3 Å². The van der Waals surface area contributed by atoms with E-state index in [1.807, 2.05) is 12.1 Å². The highest BCUT2D eigenvalue weighted by Gasteiger charge is 2.15. The summed E-state index contributed by atoms with van der Waals surface area (Å²) in [6, 6.07) is 8.37. The first kappa shape index (κ1) is 15.4. The summed E-state index contributed by atoms with van der Waals surface area (Å²) in [5.74, 6) is 1.44. The van der Waals surface area contributed by atoms with E-state index in [0.717, 1.165) is 16.9 Å². The summed E-state index contributed by atoms with van der Waals surface area (Å²) in [6.07, 6.45) is 0. The lowest BCUT2D eigenvalue weighted by Gasteiger charge is -2.18. The van der Waals surface area contributed by atoms with Gasteiger partial charge in [0.05, 0.1) is 14.2 Å². The van der Waals surface area contributed by atoms with Crippen LogP contribution in [0.2, 0.25) is 0 Å². The fourth-order valence-electron chi connectivity index (χ4n) is 2.93. The van der Waals surface area contributed by atoms with Gasteiger partial charge in [-0.25, -0.2) is 0 Å². The zero-order valence-corrected chi connectivity index (χ0v) is 13.4. The maximum Gasteiger partial charge on any atom is 0.161 e. The van der Waals surface area contributed by atoms with Crippen molar-refractivity contribution in [2.24, 2.45) is 5.73 Å². The number of aryl methyl sites for hydroxylation is 3. The Labute approximate surface area is 126 Å². The van der Waals surface area contributed by atoms with Crippen molar-refractivity contribution in [3.63, 3.8) is 0 Å². The monoisotopic (exact) mass is 285 g/mol. The highest BCUT2D eigenvalue weighted by molar-refractivity contribution is 5.76. The number of rotatable bonds is 4. The number of ether oxygens (including phenoxy) is 2. The van der Waals surface area contributed by atoms with Gasteiger partial charge in [-0.2, -0.15) is 0 Å². The first-order valence-electron chi connectivity index (χ1n) is 7.05. The lowest BCUT2D eigenvalue weighted by Crippen LogP contribution is -2.03. The molecule has 0 atom stereocenters. The minimum absolute atomic E-state index is 0.461. The summed E-state index contributed by atoms with van der Waals surface area (Å²) in [5.41, 5.74) is 13.1. The van der Waals surface area contributed by atoms with Crippen LogP contribution >= 0.6 is 0 Å². The van der Waals surface area contributed by atoms with Gasteiger partial charge in [-0.3, -0.25) is 0 Å². The molecule has 0 saturated carbocycles. The second-order valence-electron chi connectivity index (χ2n) is 5.34. The van der Waals surface area contributed by atoms with Gasteiger partial charge in [-0.05, 0) is 60.7 Å². The Morgan fingerprint density at radius 1 is 0.857 bits per heavy atom. The van der Waals surface area contributed by atoms with Gasteiger partial charge in [0, 0.05) is 6.54 Å². The Morgan fingerprint density at radius 2 is 1.38 bits per heavy atom. The number of methoxy groups -OCH3 is 2. The second kappa shape index (κ2) is 6.19. The van der Waals surface area contributed by atoms with Crippen LogP contribution in [0.25, 0.3) is 11.1 Å². The number of hydrogen-bond donors (Lipinski definition) is 1. The van der Waals surface area contributed by atoms with Crippen molar-refractivity contribution in [1.29, 1.82) is 0 Å². The molecule has 0 spiro atoms. The summed E-state index contributed by atoms with van der Waals surface area (Å²) in [5, 5.41) is 0. The van der Waals surface area contributed by atoms with Crippen LogP contribution in [0.4, 0.5) is 0 Å². The van der Waals surface area contributed by atoms with Crippen molar-refractivity contribution in [3.8, 4) is 22.6 Å². The van der Waals surface area contributed by atoms with Crippen molar-refractivity contribution < 1.29 is 9.47 Å². The summed E-state index contributed by atoms with van der Waals surface area (Å²) in [6.45, 7) is 6.84. The molecule has 0 aliphatic heterocycles. The Hall–Kier alpha value is -2.00. The molecule has 2 aromatic carbocycles. The molecule has 3 nitrogen and oxygen atoms in total. The molecule has 21 heavy (non-hydrogen) atoms. The molecule has 2 aromatic rings. The predicted octanol–water partition coefficient (Wildman–Crippen LogP) is 3.75. The number of benzene rings is 2. The average Bonchev–Trinajstić information content (AvgIpc) is 2.45. The normalized spacial score (nSPS) is 10.6. The molecule has 0 aromatic heterocycles. The molecule has 0 saturated heterocycles. The summed E-state index contributed by atoms with van der Waals surface area (Å²) in [7, 11) is 3.29. The molecule has 0 aliphatic rings. The molecule has 2 rings (SSSR count). The molecular weight excluding hydrogens is 262 g/mol. The Morgan fingerprint density at radius 3 is 1.86 bits per heavy atom. The molecule has 0 fully saturated rings. The zero-order valence-electron chi connectivity index (χ0n) is 13.4. The maximum absolute atomic E-state index is 5.94. The van der Waals surface area contributed by atoms with Crippen LogP contribution in [0, 0.1) is 20.8 Å². The molecule has 0 bridgehead atoms. The van der Waals surface area contributed by atoms with Crippen LogP contribution < -0.4 is 15.2 Å². The van der Waals surface area contributed by atoms with Crippen molar-refractivity contribution in [2.45, 2.75) is 27.3 Å². The minimum atomic E-state index is 0.461. The Balaban J connectivity index is 2.74. The van der Waals surface area contributed by atoms with Gasteiger partial charge in [0.15, 0.2) is 11.5 Å². The van der Waals surface area contributed by atoms with Gasteiger partial charge in [0.2, 0.25) is 0 Å². The smallest absolute Gasteiger partial charge is 0.161 e. The summed E-state index contributed by atoms with van der Waals surface area (Å²) >= 11 is 0. The quantitative estimate of drug-likeness (QED) is 0.930. The lowest BCUT2D eigenvalue weighted by molar-refractivity contribution is 0.354. The van der Waals surface area contributed by atoms with E-state index in [9.17, 15) is 0 Å². The third kappa shape index (κ3) is 2.88. The first-order chi connectivity index (χ1) is 10.0. The SMILES string of the molecule is COc1cc(CN)c(-c2c(C)cc(C)cc2C)cc1OC. The highest BCUT2D eigenvalue weighted by Crippen LogP contribution is 2.38. The molecule has 112 valence electrons. The fraction of sp³-hybridized carbons (Fsp3) is 0.333. The summed E-state index contributed by atoms with van der Waals surface area (Å²) < 4.78 is 10.8. The van der Waals surface area contributed by atoms with Crippen LogP contribution in [-0.2, 0) is 6.54 Å². The van der Waals surface area contributed by atoms with Crippen LogP contribution in [-0.4, -0.2) is 14.2 Å². The maximum atomic E-state index is 5.94. The minimum Gasteiger partial charge on any atom is -0.493 e. The predicted molar refractivity (Wildman–Crippen MR) is 87.1 cm³/mol. The Kier molecular flexibility index (Phi) is 4.53. The van der Waals surface area contributed by atoms with Gasteiger partial charge in [-0.15, -0.1) is 0 Å². The van der Waals surface area contributed by atoms with Gasteiger partial charge in [-0.1, -0.05) is 17.7 Å². The number of hydrogen-bond acceptors (Lipinski definition) is 3. The lowest BCUT2D eigenvalue weighted by atomic mass is 9.90. The van der Waals surface area contributed by atoms with Crippen LogP contribution in [0.1, 0.15) is 22.3 Å². The van der Waals surface area contributed by atoms with Crippen molar-refractivity contribution in [3.05, 3.63) is 46.5 Å². The fourth-order valence-corrected chi connectivity index (χ4v) is 2.93. The third-order valence-corrected chi connectivity index (χ3v) is 3.78. The van der Waals surface area contributed by atoms with Gasteiger partial charge >= 0.3 is 0 Å². The van der Waals surface area contributed by atoms with Crippen molar-refractivity contribution in [1.82, 2.24) is 0 Å². The Bertz CT molecular complexity index is 640. The van der Waals surface area contributed by atoms with Gasteiger partial charge in [0.25, 0.3) is 0 Å². The molecule has 0 aliphatic carbocycles. The number of nitrogens with two attached hydrogens (primary N) is 1. The molecule has 0 radical (unpaired) electrons. The molecule has 0 unspecified atom stereocenters. The van der Waals surface area contributed by atoms with E-state index < -0.39 is 0 Å². The highest BCUT2D eigenvalue weighted by atomic mass is 16.5. The van der Waals surface area contributed by atoms with Crippen LogP contribution in [0.3, 0.4) is 0 Å². The van der Waals surface area contributed by atoms with Crippen LogP contribution in [0.15, 0.2) is 24.3 Å². The zero-order chi connectivity index (χ0) is 15.6. The topological polar surface area (TPSA) is 44.5 Å². The summed E-state index contributed by atoms with van der Waals surface area (Å²) in [4.78, 5) is 0. The molecule has 2 N–H and O–H groups in total. The molecular formula is C18H23NO2. The van der Waals surface area contributed by atoms with E-state index in [1.54, 1.807) is 14.2 Å². The standard InChI is InChI=1S/C18H23NO2/c1-11-6-12(2)18(13(3)7-11)15-9-17(21-5)16(20-4)8-14(15)10-19/h6-9H,10,19H2,1-5H3. The molecule has 0 amide bonds. The van der Waals surface area contributed by atoms with Crippen LogP contribution in [0.5, 0.6) is 11.5 Å².